The standard InChI is InChI=1S/C14H19NO3S2/c1-14(6-7-20(17,18)9-14)15-13(16)12-8-10-4-2-3-5-11(10)19-12/h8H,2-7,9H2,1H3,(H,15,16). The van der Waals surface area contributed by atoms with Crippen LogP contribution in [0, 0.1) is 0 Å². The van der Waals surface area contributed by atoms with Gasteiger partial charge >= 0.3 is 0 Å². The van der Waals surface area contributed by atoms with E-state index >= 15 is 0 Å². The first-order valence-electron chi connectivity index (χ1n) is 7.01. The van der Waals surface area contributed by atoms with Gasteiger partial charge in [-0.2, -0.15) is 0 Å². The van der Waals surface area contributed by atoms with Crippen LogP contribution in [0.4, 0.5) is 0 Å². The molecule has 1 unspecified atom stereocenters. The van der Waals surface area contributed by atoms with E-state index in [1.807, 2.05) is 13.0 Å². The Morgan fingerprint density at radius 2 is 2.10 bits per heavy atom. The second kappa shape index (κ2) is 4.84. The number of amides is 1. The van der Waals surface area contributed by atoms with Gasteiger partial charge in [-0.1, -0.05) is 0 Å². The van der Waals surface area contributed by atoms with E-state index in [2.05, 4.69) is 5.32 Å². The van der Waals surface area contributed by atoms with Gasteiger partial charge in [0.1, 0.15) is 0 Å². The van der Waals surface area contributed by atoms with Crippen molar-refractivity contribution in [1.82, 2.24) is 5.32 Å². The molecule has 110 valence electrons. The second-order valence-corrected chi connectivity index (χ2v) is 9.44. The molecule has 3 rings (SSSR count). The highest BCUT2D eigenvalue weighted by atomic mass is 32.2. The molecule has 1 atom stereocenters. The molecule has 1 amide bonds. The molecule has 6 heteroatoms. The second-order valence-electron chi connectivity index (χ2n) is 6.12. The highest BCUT2D eigenvalue weighted by molar-refractivity contribution is 7.91. The Hall–Kier alpha value is -0.880. The van der Waals surface area contributed by atoms with Gasteiger partial charge in [0.05, 0.1) is 21.9 Å². The van der Waals surface area contributed by atoms with Crippen LogP contribution in [0.1, 0.15) is 46.3 Å². The number of thiophene rings is 1. The topological polar surface area (TPSA) is 63.2 Å². The largest absolute Gasteiger partial charge is 0.345 e. The SMILES string of the molecule is CC1(NC(=O)c2cc3c(s2)CCCC3)CCS(=O)(=O)C1. The van der Waals surface area contributed by atoms with Gasteiger partial charge in [0.25, 0.3) is 5.91 Å². The fourth-order valence-corrected chi connectivity index (χ4v) is 6.29. The van der Waals surface area contributed by atoms with Crippen LogP contribution in [-0.2, 0) is 22.7 Å². The lowest BCUT2D eigenvalue weighted by Gasteiger charge is -2.23. The van der Waals surface area contributed by atoms with Gasteiger partial charge in [-0.3, -0.25) is 4.79 Å². The fraction of sp³-hybridized carbons (Fsp3) is 0.643. The molecule has 1 aliphatic heterocycles. The average Bonchev–Trinajstić information content (AvgIpc) is 2.90. The zero-order valence-electron chi connectivity index (χ0n) is 11.6. The number of rotatable bonds is 2. The minimum absolute atomic E-state index is 0.0524. The predicted molar refractivity (Wildman–Crippen MR) is 80.1 cm³/mol. The molecule has 1 fully saturated rings. The van der Waals surface area contributed by atoms with Crippen molar-refractivity contribution in [3.63, 3.8) is 0 Å². The summed E-state index contributed by atoms with van der Waals surface area (Å²) < 4.78 is 23.1. The van der Waals surface area contributed by atoms with Crippen LogP contribution in [0.3, 0.4) is 0 Å². The predicted octanol–water partition coefficient (Wildman–Crippen LogP) is 1.93. The van der Waals surface area contributed by atoms with Crippen molar-refractivity contribution >= 4 is 27.1 Å². The highest BCUT2D eigenvalue weighted by Gasteiger charge is 2.39. The van der Waals surface area contributed by atoms with Crippen molar-refractivity contribution < 1.29 is 13.2 Å². The molecule has 4 nitrogen and oxygen atoms in total. The van der Waals surface area contributed by atoms with Gasteiger partial charge in [-0.25, -0.2) is 8.42 Å². The molecule has 0 aromatic carbocycles. The summed E-state index contributed by atoms with van der Waals surface area (Å²) >= 11 is 1.56. The van der Waals surface area contributed by atoms with Crippen molar-refractivity contribution in [3.8, 4) is 0 Å². The molecule has 1 aromatic heterocycles. The number of fused-ring (bicyclic) bond motifs is 1. The number of hydrogen-bond acceptors (Lipinski definition) is 4. The summed E-state index contributed by atoms with van der Waals surface area (Å²) in [4.78, 5) is 14.4. The maximum absolute atomic E-state index is 12.3. The summed E-state index contributed by atoms with van der Waals surface area (Å²) in [5, 5.41) is 2.93. The lowest BCUT2D eigenvalue weighted by atomic mass is 9.99. The molecule has 1 aliphatic carbocycles. The van der Waals surface area contributed by atoms with E-state index in [4.69, 9.17) is 0 Å². The van der Waals surface area contributed by atoms with E-state index in [1.54, 1.807) is 11.3 Å². The summed E-state index contributed by atoms with van der Waals surface area (Å²) in [7, 11) is -3.00. The molecule has 0 spiro atoms. The van der Waals surface area contributed by atoms with Crippen LogP contribution < -0.4 is 5.32 Å². The molecular weight excluding hydrogens is 294 g/mol. The smallest absolute Gasteiger partial charge is 0.261 e. The molecule has 2 heterocycles. The molecule has 1 saturated heterocycles. The van der Waals surface area contributed by atoms with Gasteiger partial charge in [0.15, 0.2) is 9.84 Å². The van der Waals surface area contributed by atoms with Crippen LogP contribution in [0.5, 0.6) is 0 Å². The van der Waals surface area contributed by atoms with E-state index in [9.17, 15) is 13.2 Å². The summed E-state index contributed by atoms with van der Waals surface area (Å²) in [5.41, 5.74) is 0.691. The minimum Gasteiger partial charge on any atom is -0.345 e. The molecular formula is C14H19NO3S2. The van der Waals surface area contributed by atoms with Crippen molar-refractivity contribution in [2.45, 2.75) is 44.6 Å². The maximum Gasteiger partial charge on any atom is 0.261 e. The van der Waals surface area contributed by atoms with Crippen LogP contribution in [0.25, 0.3) is 0 Å². The van der Waals surface area contributed by atoms with Gasteiger partial charge in [-0.05, 0) is 50.7 Å². The fourth-order valence-electron chi connectivity index (χ4n) is 3.05. The summed E-state index contributed by atoms with van der Waals surface area (Å²) in [5.74, 6) is 0.102. The van der Waals surface area contributed by atoms with Crippen molar-refractivity contribution in [3.05, 3.63) is 21.4 Å². The number of carbonyl (C=O) groups excluding carboxylic acids is 1. The zero-order valence-corrected chi connectivity index (χ0v) is 13.2. The van der Waals surface area contributed by atoms with E-state index < -0.39 is 15.4 Å². The van der Waals surface area contributed by atoms with Crippen molar-refractivity contribution in [1.29, 1.82) is 0 Å². The van der Waals surface area contributed by atoms with Crippen LogP contribution in [0.2, 0.25) is 0 Å². The summed E-state index contributed by atoms with van der Waals surface area (Å²) in [6, 6.07) is 1.99. The van der Waals surface area contributed by atoms with Crippen LogP contribution >= 0.6 is 11.3 Å². The monoisotopic (exact) mass is 313 g/mol. The Bertz CT molecular complexity index is 624. The molecule has 0 bridgehead atoms. The Kier molecular flexibility index (Phi) is 3.41. The van der Waals surface area contributed by atoms with Crippen LogP contribution in [0.15, 0.2) is 6.07 Å². The quantitative estimate of drug-likeness (QED) is 0.907. The third-order valence-electron chi connectivity index (χ3n) is 4.14. The number of carbonyl (C=O) groups is 1. The minimum atomic E-state index is -3.00. The molecule has 0 saturated carbocycles. The van der Waals surface area contributed by atoms with E-state index in [-0.39, 0.29) is 17.4 Å². The van der Waals surface area contributed by atoms with Crippen molar-refractivity contribution in [2.24, 2.45) is 0 Å². The average molecular weight is 313 g/mol. The van der Waals surface area contributed by atoms with E-state index in [1.165, 1.54) is 23.3 Å². The Labute approximate surface area is 123 Å². The van der Waals surface area contributed by atoms with Crippen molar-refractivity contribution in [2.75, 3.05) is 11.5 Å². The zero-order chi connectivity index (χ0) is 14.4. The molecule has 1 aromatic rings. The Morgan fingerprint density at radius 1 is 1.35 bits per heavy atom. The van der Waals surface area contributed by atoms with E-state index in [0.717, 1.165) is 17.7 Å². The maximum atomic E-state index is 12.3. The Balaban J connectivity index is 1.75. The molecule has 2 aliphatic rings. The third kappa shape index (κ3) is 2.76. The first-order chi connectivity index (χ1) is 9.37. The molecule has 1 N–H and O–H groups in total. The van der Waals surface area contributed by atoms with Crippen LogP contribution in [-0.4, -0.2) is 31.4 Å². The Morgan fingerprint density at radius 3 is 2.75 bits per heavy atom. The van der Waals surface area contributed by atoms with Gasteiger partial charge in [-0.15, -0.1) is 11.3 Å². The number of sulfone groups is 1. The number of aryl methyl sites for hydroxylation is 2. The number of nitrogens with one attached hydrogen (secondary N) is 1. The number of hydrogen-bond donors (Lipinski definition) is 1. The first-order valence-corrected chi connectivity index (χ1v) is 9.65. The van der Waals surface area contributed by atoms with Gasteiger partial charge in [0.2, 0.25) is 0 Å². The molecule has 20 heavy (non-hydrogen) atoms. The lowest BCUT2D eigenvalue weighted by molar-refractivity contribution is 0.0919. The van der Waals surface area contributed by atoms with Gasteiger partial charge < -0.3 is 5.32 Å². The van der Waals surface area contributed by atoms with Gasteiger partial charge in [0, 0.05) is 4.88 Å². The summed E-state index contributed by atoms with van der Waals surface area (Å²) in [6.45, 7) is 1.82. The first kappa shape index (κ1) is 14.1. The van der Waals surface area contributed by atoms with E-state index in [0.29, 0.717) is 6.42 Å². The third-order valence-corrected chi connectivity index (χ3v) is 7.28. The lowest BCUT2D eigenvalue weighted by Crippen LogP contribution is -2.46. The molecule has 0 radical (unpaired) electrons. The highest BCUT2D eigenvalue weighted by Crippen LogP contribution is 2.30. The normalized spacial score (nSPS) is 28.1. The summed E-state index contributed by atoms with van der Waals surface area (Å²) in [6.07, 6.45) is 5.03.